The Morgan fingerprint density at radius 3 is 2.19 bits per heavy atom. The van der Waals surface area contributed by atoms with Crippen molar-refractivity contribution >= 4 is 12.0 Å². The Bertz CT molecular complexity index is 369. The first kappa shape index (κ1) is 17.8. The third kappa shape index (κ3) is 5.91. The molecule has 122 valence electrons. The number of rotatable bonds is 3. The van der Waals surface area contributed by atoms with Crippen molar-refractivity contribution in [3.63, 3.8) is 0 Å². The van der Waals surface area contributed by atoms with Gasteiger partial charge in [0.1, 0.15) is 5.60 Å². The minimum Gasteiger partial charge on any atom is -0.444 e. The van der Waals surface area contributed by atoms with Crippen LogP contribution < -0.4 is 11.1 Å². The predicted molar refractivity (Wildman–Crippen MR) is 81.8 cm³/mol. The second-order valence-electron chi connectivity index (χ2n) is 7.02. The number of nitrogens with one attached hydrogen (secondary N) is 1. The van der Waals surface area contributed by atoms with E-state index in [1.807, 2.05) is 34.6 Å². The molecule has 0 saturated carbocycles. The summed E-state index contributed by atoms with van der Waals surface area (Å²) in [6.07, 6.45) is 1.07. The smallest absolute Gasteiger partial charge is 0.407 e. The van der Waals surface area contributed by atoms with Crippen molar-refractivity contribution < 1.29 is 14.3 Å². The van der Waals surface area contributed by atoms with Gasteiger partial charge in [-0.15, -0.1) is 0 Å². The molecule has 21 heavy (non-hydrogen) atoms. The van der Waals surface area contributed by atoms with Gasteiger partial charge in [0.05, 0.1) is 6.04 Å². The van der Waals surface area contributed by atoms with E-state index < -0.39 is 17.7 Å². The summed E-state index contributed by atoms with van der Waals surface area (Å²) in [7, 11) is 0. The number of hydrogen-bond acceptors (Lipinski definition) is 4. The van der Waals surface area contributed by atoms with Crippen LogP contribution in [0.2, 0.25) is 0 Å². The summed E-state index contributed by atoms with van der Waals surface area (Å²) in [5.74, 6) is 0.135. The molecule has 2 amide bonds. The van der Waals surface area contributed by atoms with Crippen LogP contribution in [0.1, 0.15) is 47.5 Å². The van der Waals surface area contributed by atoms with E-state index in [9.17, 15) is 9.59 Å². The van der Waals surface area contributed by atoms with Gasteiger partial charge < -0.3 is 20.7 Å². The summed E-state index contributed by atoms with van der Waals surface area (Å²) in [6, 6.07) is -0.389. The largest absolute Gasteiger partial charge is 0.444 e. The summed E-state index contributed by atoms with van der Waals surface area (Å²) in [5.41, 5.74) is 5.40. The normalized spacial score (nSPS) is 18.5. The van der Waals surface area contributed by atoms with Gasteiger partial charge in [-0.05, 0) is 39.5 Å². The lowest BCUT2D eigenvalue weighted by Gasteiger charge is -2.34. The summed E-state index contributed by atoms with van der Waals surface area (Å²) in [6.45, 7) is 10.6. The zero-order valence-electron chi connectivity index (χ0n) is 13.8. The highest BCUT2D eigenvalue weighted by molar-refractivity contribution is 5.82. The predicted octanol–water partition coefficient (Wildman–Crippen LogP) is 1.49. The van der Waals surface area contributed by atoms with E-state index in [0.29, 0.717) is 13.1 Å². The number of piperidine rings is 1. The van der Waals surface area contributed by atoms with E-state index >= 15 is 0 Å². The molecular weight excluding hydrogens is 270 g/mol. The van der Waals surface area contributed by atoms with Crippen LogP contribution in [0.5, 0.6) is 0 Å². The Kier molecular flexibility index (Phi) is 6.01. The lowest BCUT2D eigenvalue weighted by Crippen LogP contribution is -2.52. The number of carbonyl (C=O) groups is 2. The molecular formula is C15H29N3O3. The number of ether oxygens (including phenoxy) is 1. The molecule has 0 aliphatic carbocycles. The van der Waals surface area contributed by atoms with E-state index in [2.05, 4.69) is 5.32 Å². The highest BCUT2D eigenvalue weighted by Crippen LogP contribution is 2.14. The molecule has 6 nitrogen and oxygen atoms in total. The molecule has 1 heterocycles. The molecule has 1 atom stereocenters. The average Bonchev–Trinajstić information content (AvgIpc) is 2.35. The zero-order chi connectivity index (χ0) is 16.2. The molecule has 0 spiro atoms. The summed E-state index contributed by atoms with van der Waals surface area (Å²) < 4.78 is 5.23. The van der Waals surface area contributed by atoms with Gasteiger partial charge in [-0.1, -0.05) is 13.8 Å². The monoisotopic (exact) mass is 299 g/mol. The lowest BCUT2D eigenvalue weighted by atomic mass is 10.0. The molecule has 6 heteroatoms. The van der Waals surface area contributed by atoms with Crippen molar-refractivity contribution in [1.82, 2.24) is 10.2 Å². The molecule has 1 rings (SSSR count). The summed E-state index contributed by atoms with van der Waals surface area (Å²) >= 11 is 0. The molecule has 1 unspecified atom stereocenters. The highest BCUT2D eigenvalue weighted by Gasteiger charge is 2.29. The number of nitrogens with zero attached hydrogens (tertiary/aromatic N) is 1. The second kappa shape index (κ2) is 7.11. The Balaban J connectivity index is 2.39. The van der Waals surface area contributed by atoms with Crippen LogP contribution in [0.25, 0.3) is 0 Å². The Morgan fingerprint density at radius 1 is 1.24 bits per heavy atom. The quantitative estimate of drug-likeness (QED) is 0.827. The molecule has 0 aromatic carbocycles. The topological polar surface area (TPSA) is 84.7 Å². The molecule has 0 radical (unpaired) electrons. The minimum atomic E-state index is -0.495. The van der Waals surface area contributed by atoms with E-state index in [1.54, 1.807) is 4.90 Å². The number of amides is 2. The van der Waals surface area contributed by atoms with Crippen molar-refractivity contribution in [2.75, 3.05) is 13.1 Å². The average molecular weight is 299 g/mol. The van der Waals surface area contributed by atoms with Crippen LogP contribution >= 0.6 is 0 Å². The first-order valence-electron chi connectivity index (χ1n) is 7.64. The van der Waals surface area contributed by atoms with Gasteiger partial charge in [0.25, 0.3) is 0 Å². The first-order valence-corrected chi connectivity index (χ1v) is 7.64. The molecule has 1 aliphatic rings. The molecule has 0 aromatic heterocycles. The molecule has 1 saturated heterocycles. The molecule has 3 N–H and O–H groups in total. The summed E-state index contributed by atoms with van der Waals surface area (Å²) in [5, 5.41) is 2.86. The SMILES string of the molecule is CC(C)C(N)C(=O)N1CCC(NC(=O)OC(C)(C)C)CC1. The number of alkyl carbamates (subject to hydrolysis) is 1. The maximum Gasteiger partial charge on any atom is 0.407 e. The highest BCUT2D eigenvalue weighted by atomic mass is 16.6. The first-order chi connectivity index (χ1) is 9.60. The fourth-order valence-electron chi connectivity index (χ4n) is 2.21. The third-order valence-electron chi connectivity index (χ3n) is 3.53. The third-order valence-corrected chi connectivity index (χ3v) is 3.53. The number of carbonyl (C=O) groups excluding carboxylic acids is 2. The van der Waals surface area contributed by atoms with Gasteiger partial charge in [0, 0.05) is 19.1 Å². The van der Waals surface area contributed by atoms with Crippen LogP contribution in [0.4, 0.5) is 4.79 Å². The minimum absolute atomic E-state index is 0.000665. The van der Waals surface area contributed by atoms with Crippen LogP contribution in [-0.4, -0.2) is 47.7 Å². The zero-order valence-corrected chi connectivity index (χ0v) is 13.8. The maximum atomic E-state index is 12.1. The number of nitrogens with two attached hydrogens (primary N) is 1. The van der Waals surface area contributed by atoms with Crippen molar-refractivity contribution in [2.24, 2.45) is 11.7 Å². The Morgan fingerprint density at radius 2 is 1.76 bits per heavy atom. The van der Waals surface area contributed by atoms with Crippen molar-refractivity contribution in [1.29, 1.82) is 0 Å². The van der Waals surface area contributed by atoms with Crippen molar-refractivity contribution in [3.8, 4) is 0 Å². The Labute approximate surface area is 127 Å². The lowest BCUT2D eigenvalue weighted by molar-refractivity contribution is -0.134. The molecule has 0 aromatic rings. The van der Waals surface area contributed by atoms with Gasteiger partial charge >= 0.3 is 6.09 Å². The van der Waals surface area contributed by atoms with Crippen LogP contribution in [0.3, 0.4) is 0 Å². The van der Waals surface area contributed by atoms with Gasteiger partial charge in [-0.25, -0.2) is 4.79 Å². The van der Waals surface area contributed by atoms with Crippen molar-refractivity contribution in [2.45, 2.75) is 65.1 Å². The fourth-order valence-corrected chi connectivity index (χ4v) is 2.21. The van der Waals surface area contributed by atoms with E-state index in [4.69, 9.17) is 10.5 Å². The number of likely N-dealkylation sites (tertiary alicyclic amines) is 1. The van der Waals surface area contributed by atoms with Gasteiger partial charge in [-0.2, -0.15) is 0 Å². The standard InChI is InChI=1S/C15H29N3O3/c1-10(2)12(16)13(19)18-8-6-11(7-9-18)17-14(20)21-15(3,4)5/h10-12H,6-9,16H2,1-5H3,(H,17,20). The van der Waals surface area contributed by atoms with Gasteiger partial charge in [-0.3, -0.25) is 4.79 Å². The molecule has 0 bridgehead atoms. The summed E-state index contributed by atoms with van der Waals surface area (Å²) in [4.78, 5) is 25.6. The number of hydrogen-bond donors (Lipinski definition) is 2. The van der Waals surface area contributed by atoms with Crippen LogP contribution in [-0.2, 0) is 9.53 Å². The fraction of sp³-hybridized carbons (Fsp3) is 0.867. The molecule has 1 aliphatic heterocycles. The van der Waals surface area contributed by atoms with E-state index in [0.717, 1.165) is 12.8 Å². The van der Waals surface area contributed by atoms with Gasteiger partial charge in [0.2, 0.25) is 5.91 Å². The van der Waals surface area contributed by atoms with Crippen molar-refractivity contribution in [3.05, 3.63) is 0 Å². The van der Waals surface area contributed by atoms with Gasteiger partial charge in [0.15, 0.2) is 0 Å². The molecule has 1 fully saturated rings. The van der Waals surface area contributed by atoms with Crippen LogP contribution in [0.15, 0.2) is 0 Å². The van der Waals surface area contributed by atoms with Crippen LogP contribution in [0, 0.1) is 5.92 Å². The second-order valence-corrected chi connectivity index (χ2v) is 7.02. The Hall–Kier alpha value is -1.30. The van der Waals surface area contributed by atoms with E-state index in [1.165, 1.54) is 0 Å². The van der Waals surface area contributed by atoms with E-state index in [-0.39, 0.29) is 17.9 Å². The maximum absolute atomic E-state index is 12.1.